The molecule has 0 aromatic rings. The highest BCUT2D eigenvalue weighted by molar-refractivity contribution is 9.25. The van der Waals surface area contributed by atoms with E-state index in [-0.39, 0.29) is 3.23 Å². The number of allylic oxidation sites excluding steroid dienone is 2. The van der Waals surface area contributed by atoms with Crippen molar-refractivity contribution in [3.63, 3.8) is 0 Å². The SMILES string of the molecule is CC(C)=C1C(C)(C)C1(Br)Br. The summed E-state index contributed by atoms with van der Waals surface area (Å²) in [5.74, 6) is 0. The summed E-state index contributed by atoms with van der Waals surface area (Å²) in [6.45, 7) is 8.78. The van der Waals surface area contributed by atoms with E-state index < -0.39 is 0 Å². The molecule has 0 heterocycles. The van der Waals surface area contributed by atoms with Crippen LogP contribution in [-0.2, 0) is 0 Å². The predicted octanol–water partition coefficient (Wildman–Crippen LogP) is 3.85. The van der Waals surface area contributed by atoms with Gasteiger partial charge < -0.3 is 0 Å². The lowest BCUT2D eigenvalue weighted by atomic mass is 10.1. The zero-order valence-electron chi connectivity index (χ0n) is 6.76. The minimum atomic E-state index is 0.0891. The first-order valence-corrected chi connectivity index (χ1v) is 4.96. The lowest BCUT2D eigenvalue weighted by Crippen LogP contribution is -1.94. The van der Waals surface area contributed by atoms with Gasteiger partial charge in [-0.05, 0) is 19.4 Å². The van der Waals surface area contributed by atoms with Crippen LogP contribution in [0.2, 0.25) is 0 Å². The zero-order chi connectivity index (χ0) is 8.15. The first-order chi connectivity index (χ1) is 4.32. The van der Waals surface area contributed by atoms with E-state index in [4.69, 9.17) is 0 Å². The van der Waals surface area contributed by atoms with Gasteiger partial charge in [-0.1, -0.05) is 51.3 Å². The molecule has 0 nitrogen and oxygen atoms in total. The molecule has 1 aliphatic rings. The second kappa shape index (κ2) is 2.10. The third kappa shape index (κ3) is 0.918. The third-order valence-electron chi connectivity index (χ3n) is 2.16. The average molecular weight is 268 g/mol. The van der Waals surface area contributed by atoms with Gasteiger partial charge in [-0.2, -0.15) is 0 Å². The number of halogens is 2. The summed E-state index contributed by atoms with van der Waals surface area (Å²) in [6.07, 6.45) is 0. The zero-order valence-corrected chi connectivity index (χ0v) is 9.93. The number of alkyl halides is 2. The molecule has 0 N–H and O–H groups in total. The Bertz CT molecular complexity index is 179. The molecule has 0 spiro atoms. The van der Waals surface area contributed by atoms with Gasteiger partial charge in [-0.25, -0.2) is 0 Å². The summed E-state index contributed by atoms with van der Waals surface area (Å²) in [5.41, 5.74) is 3.20. The Labute approximate surface area is 79.3 Å². The van der Waals surface area contributed by atoms with E-state index in [0.29, 0.717) is 5.41 Å². The van der Waals surface area contributed by atoms with E-state index in [1.165, 1.54) is 11.1 Å². The summed E-state index contributed by atoms with van der Waals surface area (Å²) in [5, 5.41) is 0. The van der Waals surface area contributed by atoms with Crippen LogP contribution in [0.25, 0.3) is 0 Å². The van der Waals surface area contributed by atoms with Gasteiger partial charge in [0.1, 0.15) is 3.23 Å². The standard InChI is InChI=1S/C8H12Br2/c1-5(2)6-7(3,4)8(6,9)10/h1-4H3. The van der Waals surface area contributed by atoms with Crippen LogP contribution in [0.4, 0.5) is 0 Å². The number of rotatable bonds is 0. The van der Waals surface area contributed by atoms with Crippen molar-refractivity contribution in [3.05, 3.63) is 11.1 Å². The fourth-order valence-corrected chi connectivity index (χ4v) is 3.49. The van der Waals surface area contributed by atoms with Gasteiger partial charge in [0.25, 0.3) is 0 Å². The molecule has 0 aliphatic heterocycles. The first kappa shape index (κ1) is 8.79. The smallest absolute Gasteiger partial charge is 0.0743 e. The van der Waals surface area contributed by atoms with Crippen molar-refractivity contribution in [3.8, 4) is 0 Å². The molecule has 1 fully saturated rings. The monoisotopic (exact) mass is 266 g/mol. The molecule has 58 valence electrons. The van der Waals surface area contributed by atoms with Gasteiger partial charge in [0.05, 0.1) is 0 Å². The number of hydrogen-bond acceptors (Lipinski definition) is 0. The molecule has 0 saturated heterocycles. The maximum absolute atomic E-state index is 3.63. The lowest BCUT2D eigenvalue weighted by molar-refractivity contribution is 0.683. The molecule has 2 heteroatoms. The van der Waals surface area contributed by atoms with Crippen molar-refractivity contribution in [2.24, 2.45) is 5.41 Å². The normalized spacial score (nSPS) is 26.4. The predicted molar refractivity (Wildman–Crippen MR) is 52.7 cm³/mol. The molecule has 0 radical (unpaired) electrons. The molecule has 0 atom stereocenters. The average Bonchev–Trinajstić information content (AvgIpc) is 1.97. The molecule has 1 rings (SSSR count). The Kier molecular flexibility index (Phi) is 1.85. The topological polar surface area (TPSA) is 0 Å². The minimum absolute atomic E-state index is 0.0891. The molecule has 0 amide bonds. The van der Waals surface area contributed by atoms with Crippen LogP contribution in [0.3, 0.4) is 0 Å². The maximum Gasteiger partial charge on any atom is 0.111 e. The maximum atomic E-state index is 3.63. The Morgan fingerprint density at radius 2 is 1.50 bits per heavy atom. The van der Waals surface area contributed by atoms with Crippen molar-refractivity contribution >= 4 is 31.9 Å². The summed E-state index contributed by atoms with van der Waals surface area (Å²) in [4.78, 5) is 0. The van der Waals surface area contributed by atoms with Crippen LogP contribution in [0, 0.1) is 5.41 Å². The van der Waals surface area contributed by atoms with Gasteiger partial charge in [-0.3, -0.25) is 0 Å². The van der Waals surface area contributed by atoms with Gasteiger partial charge in [0.15, 0.2) is 0 Å². The van der Waals surface area contributed by atoms with Gasteiger partial charge in [-0.15, -0.1) is 0 Å². The molecular weight excluding hydrogens is 256 g/mol. The summed E-state index contributed by atoms with van der Waals surface area (Å²) < 4.78 is 0.0891. The minimum Gasteiger partial charge on any atom is -0.0743 e. The van der Waals surface area contributed by atoms with Crippen molar-refractivity contribution in [2.75, 3.05) is 0 Å². The molecule has 0 aromatic carbocycles. The molecule has 1 saturated carbocycles. The van der Waals surface area contributed by atoms with E-state index in [0.717, 1.165) is 0 Å². The summed E-state index contributed by atoms with van der Waals surface area (Å²) in [7, 11) is 0. The molecular formula is C8H12Br2. The van der Waals surface area contributed by atoms with Gasteiger partial charge in [0, 0.05) is 5.41 Å². The number of hydrogen-bond donors (Lipinski definition) is 0. The van der Waals surface area contributed by atoms with E-state index in [1.54, 1.807) is 0 Å². The van der Waals surface area contributed by atoms with Crippen LogP contribution >= 0.6 is 31.9 Å². The third-order valence-corrected chi connectivity index (χ3v) is 4.94. The van der Waals surface area contributed by atoms with Crippen molar-refractivity contribution in [2.45, 2.75) is 30.9 Å². The highest BCUT2D eigenvalue weighted by Crippen LogP contribution is 2.71. The fraction of sp³-hybridized carbons (Fsp3) is 0.750. The van der Waals surface area contributed by atoms with Crippen LogP contribution in [0.5, 0.6) is 0 Å². The molecule has 0 aromatic heterocycles. The lowest BCUT2D eigenvalue weighted by Gasteiger charge is -1.98. The van der Waals surface area contributed by atoms with Crippen LogP contribution in [-0.4, -0.2) is 3.23 Å². The first-order valence-electron chi connectivity index (χ1n) is 3.38. The van der Waals surface area contributed by atoms with Crippen LogP contribution in [0.1, 0.15) is 27.7 Å². The summed E-state index contributed by atoms with van der Waals surface area (Å²) >= 11 is 7.27. The van der Waals surface area contributed by atoms with Crippen LogP contribution in [0.15, 0.2) is 11.1 Å². The second-order valence-electron chi connectivity index (χ2n) is 3.57. The van der Waals surface area contributed by atoms with Crippen LogP contribution < -0.4 is 0 Å². The fourth-order valence-electron chi connectivity index (χ4n) is 1.50. The second-order valence-corrected chi connectivity index (χ2v) is 7.02. The molecule has 10 heavy (non-hydrogen) atoms. The Morgan fingerprint density at radius 1 is 1.20 bits per heavy atom. The van der Waals surface area contributed by atoms with Crippen molar-refractivity contribution < 1.29 is 0 Å². The molecule has 1 aliphatic carbocycles. The van der Waals surface area contributed by atoms with E-state index in [1.807, 2.05) is 0 Å². The van der Waals surface area contributed by atoms with Crippen molar-refractivity contribution in [1.29, 1.82) is 0 Å². The Balaban J connectivity index is 3.04. The van der Waals surface area contributed by atoms with Crippen molar-refractivity contribution in [1.82, 2.24) is 0 Å². The quantitative estimate of drug-likeness (QED) is 0.462. The Morgan fingerprint density at radius 3 is 1.50 bits per heavy atom. The largest absolute Gasteiger partial charge is 0.111 e. The Hall–Kier alpha value is 0.700. The van der Waals surface area contributed by atoms with Gasteiger partial charge in [0.2, 0.25) is 0 Å². The van der Waals surface area contributed by atoms with E-state index in [9.17, 15) is 0 Å². The molecule has 0 unspecified atom stereocenters. The summed E-state index contributed by atoms with van der Waals surface area (Å²) in [6, 6.07) is 0. The van der Waals surface area contributed by atoms with E-state index >= 15 is 0 Å². The van der Waals surface area contributed by atoms with E-state index in [2.05, 4.69) is 59.6 Å². The molecule has 0 bridgehead atoms. The highest BCUT2D eigenvalue weighted by atomic mass is 79.9. The van der Waals surface area contributed by atoms with Gasteiger partial charge >= 0.3 is 0 Å². The highest BCUT2D eigenvalue weighted by Gasteiger charge is 2.64.